The molecule has 0 heterocycles. The number of ether oxygens (including phenoxy) is 1. The Hall–Kier alpha value is -0.380. The fourth-order valence-corrected chi connectivity index (χ4v) is 2.27. The van der Waals surface area contributed by atoms with Crippen LogP contribution in [-0.2, 0) is 9.53 Å². The molecule has 0 radical (unpaired) electrons. The van der Waals surface area contributed by atoms with Gasteiger partial charge in [-0.3, -0.25) is 4.79 Å². The lowest BCUT2D eigenvalue weighted by Gasteiger charge is -2.32. The number of hydrogen-bond donors (Lipinski definition) is 5. The summed E-state index contributed by atoms with van der Waals surface area (Å²) in [7, 11) is 1.42. The van der Waals surface area contributed by atoms with Crippen LogP contribution in [0.4, 0.5) is 0 Å². The number of methoxy groups -OCH3 is 1. The first-order valence-electron chi connectivity index (χ1n) is 5.56. The van der Waals surface area contributed by atoms with Crippen LogP contribution in [-0.4, -0.2) is 64.5 Å². The zero-order valence-electron chi connectivity index (χ0n) is 10.6. The Bertz CT molecular complexity index is 244. The third kappa shape index (κ3) is 5.98. The second-order valence-corrected chi connectivity index (χ2v) is 4.87. The maximum atomic E-state index is 11.1. The average molecular weight is 282 g/mol. The molecule has 0 aliphatic heterocycles. The van der Waals surface area contributed by atoms with Gasteiger partial charge in [0.2, 0.25) is 5.91 Å². The zero-order chi connectivity index (χ0) is 14.1. The second kappa shape index (κ2) is 9.54. The van der Waals surface area contributed by atoms with Gasteiger partial charge in [-0.05, 0) is 6.42 Å². The van der Waals surface area contributed by atoms with Crippen molar-refractivity contribution in [3.05, 3.63) is 0 Å². The van der Waals surface area contributed by atoms with Gasteiger partial charge in [0.15, 0.2) is 0 Å². The third-order valence-electron chi connectivity index (χ3n) is 2.34. The van der Waals surface area contributed by atoms with Crippen molar-refractivity contribution in [2.45, 2.75) is 37.0 Å². The Balaban J connectivity index is 4.77. The predicted octanol–water partition coefficient (Wildman–Crippen LogP) is -1.78. The number of aliphatic hydroxyl groups is 3. The highest BCUT2D eigenvalue weighted by Gasteiger charge is 2.33. The van der Waals surface area contributed by atoms with Crippen molar-refractivity contribution in [2.24, 2.45) is 5.73 Å². The van der Waals surface area contributed by atoms with Gasteiger partial charge in [-0.15, -0.1) is 11.8 Å². The molecule has 0 bridgehead atoms. The van der Waals surface area contributed by atoms with Crippen molar-refractivity contribution in [1.29, 1.82) is 0 Å². The number of nitrogens with one attached hydrogen (secondary N) is 1. The molecular weight excluding hydrogens is 260 g/mol. The number of aliphatic hydroxyl groups excluding tert-OH is 3. The molecule has 0 rings (SSSR count). The molecule has 1 amide bonds. The molecule has 0 aromatic carbocycles. The molecule has 8 heteroatoms. The summed E-state index contributed by atoms with van der Waals surface area (Å²) >= 11 is 1.20. The van der Waals surface area contributed by atoms with Crippen molar-refractivity contribution in [2.75, 3.05) is 19.6 Å². The minimum absolute atomic E-state index is 0.0149. The van der Waals surface area contributed by atoms with Gasteiger partial charge in [0, 0.05) is 26.5 Å². The maximum Gasteiger partial charge on any atom is 0.217 e. The third-order valence-corrected chi connectivity index (χ3v) is 3.35. The first-order chi connectivity index (χ1) is 8.47. The first-order valence-corrected chi connectivity index (χ1v) is 6.61. The molecule has 0 saturated heterocycles. The van der Waals surface area contributed by atoms with Crippen LogP contribution in [0.25, 0.3) is 0 Å². The van der Waals surface area contributed by atoms with Crippen LogP contribution in [0.15, 0.2) is 0 Å². The zero-order valence-corrected chi connectivity index (χ0v) is 11.4. The molecule has 18 heavy (non-hydrogen) atoms. The van der Waals surface area contributed by atoms with Gasteiger partial charge in [0.25, 0.3) is 0 Å². The van der Waals surface area contributed by atoms with E-state index in [1.54, 1.807) is 0 Å². The number of thioether (sulfide) groups is 1. The number of carbonyl (C=O) groups is 1. The molecule has 0 spiro atoms. The Morgan fingerprint density at radius 1 is 1.50 bits per heavy atom. The van der Waals surface area contributed by atoms with Crippen LogP contribution >= 0.6 is 11.8 Å². The number of amides is 1. The Labute approximate surface area is 111 Å². The maximum absolute atomic E-state index is 11.1. The molecule has 0 aromatic rings. The summed E-state index contributed by atoms with van der Waals surface area (Å²) in [4.78, 5) is 11.1. The molecule has 0 aromatic heterocycles. The van der Waals surface area contributed by atoms with E-state index in [9.17, 15) is 15.0 Å². The summed E-state index contributed by atoms with van der Waals surface area (Å²) in [6.07, 6.45) is -2.38. The van der Waals surface area contributed by atoms with E-state index in [-0.39, 0.29) is 24.8 Å². The van der Waals surface area contributed by atoms with Crippen LogP contribution in [0.2, 0.25) is 0 Å². The van der Waals surface area contributed by atoms with Crippen molar-refractivity contribution < 1.29 is 24.9 Å². The lowest BCUT2D eigenvalue weighted by atomic mass is 10.0. The number of carbonyl (C=O) groups excluding carboxylic acids is 1. The highest BCUT2D eigenvalue weighted by atomic mass is 32.2. The van der Waals surface area contributed by atoms with Crippen LogP contribution in [0.1, 0.15) is 13.3 Å². The molecule has 4 atom stereocenters. The minimum atomic E-state index is -1.25. The molecule has 6 N–H and O–H groups in total. The summed E-state index contributed by atoms with van der Waals surface area (Å²) in [6, 6.07) is -0.803. The van der Waals surface area contributed by atoms with E-state index in [1.165, 1.54) is 25.8 Å². The van der Waals surface area contributed by atoms with Gasteiger partial charge < -0.3 is 31.1 Å². The summed E-state index contributed by atoms with van der Waals surface area (Å²) in [5.41, 5.74) is 4.81. The summed E-state index contributed by atoms with van der Waals surface area (Å²) < 4.78 is 5.14. The van der Waals surface area contributed by atoms with E-state index < -0.39 is 23.7 Å². The van der Waals surface area contributed by atoms with Crippen LogP contribution in [0, 0.1) is 0 Å². The molecule has 0 aliphatic carbocycles. The van der Waals surface area contributed by atoms with Crippen molar-refractivity contribution in [1.82, 2.24) is 5.32 Å². The summed E-state index contributed by atoms with van der Waals surface area (Å²) in [5.74, 6) is -0.104. The number of hydrogen-bond acceptors (Lipinski definition) is 7. The van der Waals surface area contributed by atoms with Gasteiger partial charge in [0.05, 0.1) is 12.1 Å². The van der Waals surface area contributed by atoms with Gasteiger partial charge in [-0.2, -0.15) is 0 Å². The first kappa shape index (κ1) is 17.6. The van der Waals surface area contributed by atoms with E-state index in [0.717, 1.165) is 0 Å². The minimum Gasteiger partial charge on any atom is -0.396 e. The highest BCUT2D eigenvalue weighted by molar-refractivity contribution is 7.99. The van der Waals surface area contributed by atoms with Gasteiger partial charge >= 0.3 is 0 Å². The fraction of sp³-hybridized carbons (Fsp3) is 0.900. The van der Waals surface area contributed by atoms with Crippen molar-refractivity contribution in [3.8, 4) is 0 Å². The lowest BCUT2D eigenvalue weighted by molar-refractivity contribution is -0.122. The van der Waals surface area contributed by atoms with Crippen molar-refractivity contribution >= 4 is 17.7 Å². The largest absolute Gasteiger partial charge is 0.396 e. The van der Waals surface area contributed by atoms with Crippen LogP contribution < -0.4 is 11.1 Å². The second-order valence-electron chi connectivity index (χ2n) is 3.73. The van der Waals surface area contributed by atoms with E-state index >= 15 is 0 Å². The summed E-state index contributed by atoms with van der Waals surface area (Å²) in [6.45, 7) is 1.05. The molecule has 0 fully saturated rings. The van der Waals surface area contributed by atoms with E-state index in [4.69, 9.17) is 15.6 Å². The van der Waals surface area contributed by atoms with Crippen LogP contribution in [0.5, 0.6) is 0 Å². The molecule has 7 nitrogen and oxygen atoms in total. The predicted molar refractivity (Wildman–Crippen MR) is 68.8 cm³/mol. The van der Waals surface area contributed by atoms with E-state index in [2.05, 4.69) is 5.32 Å². The lowest BCUT2D eigenvalue weighted by Crippen LogP contribution is -2.54. The molecule has 4 unspecified atom stereocenters. The fourth-order valence-electron chi connectivity index (χ4n) is 1.50. The summed E-state index contributed by atoms with van der Waals surface area (Å²) in [5, 5.41) is 30.9. The molecular formula is C10H22N2O5S. The Kier molecular flexibility index (Phi) is 9.34. The van der Waals surface area contributed by atoms with Gasteiger partial charge in [0.1, 0.15) is 11.5 Å². The highest BCUT2D eigenvalue weighted by Crippen LogP contribution is 2.19. The van der Waals surface area contributed by atoms with Gasteiger partial charge in [-0.1, -0.05) is 0 Å². The number of rotatable bonds is 9. The Morgan fingerprint density at radius 3 is 2.50 bits per heavy atom. The normalized spacial score (nSPS) is 17.9. The quantitative estimate of drug-likeness (QED) is 0.316. The van der Waals surface area contributed by atoms with Crippen LogP contribution in [0.3, 0.4) is 0 Å². The molecule has 0 saturated carbocycles. The van der Waals surface area contributed by atoms with E-state index in [1.807, 2.05) is 0 Å². The molecule has 0 aliphatic rings. The van der Waals surface area contributed by atoms with Gasteiger partial charge in [-0.25, -0.2) is 0 Å². The smallest absolute Gasteiger partial charge is 0.217 e. The SMILES string of the molecule is COC(SCN)C(NC(C)=O)C(O)C(O)CCO. The Morgan fingerprint density at radius 2 is 2.11 bits per heavy atom. The van der Waals surface area contributed by atoms with E-state index in [0.29, 0.717) is 0 Å². The topological polar surface area (TPSA) is 125 Å². The average Bonchev–Trinajstić information content (AvgIpc) is 2.32. The monoisotopic (exact) mass is 282 g/mol. The standard InChI is InChI=1S/C10H22N2O5S/c1-6(14)12-8(10(17-2)18-5-11)9(16)7(15)3-4-13/h7-10,13,15-16H,3-5,11H2,1-2H3,(H,12,14). The molecule has 108 valence electrons. The van der Waals surface area contributed by atoms with Crippen molar-refractivity contribution in [3.63, 3.8) is 0 Å². The number of nitrogens with two attached hydrogens (primary N) is 1.